The first-order chi connectivity index (χ1) is 15.7. The van der Waals surface area contributed by atoms with Crippen molar-refractivity contribution in [3.63, 3.8) is 0 Å². The predicted octanol–water partition coefficient (Wildman–Crippen LogP) is 2.95. The summed E-state index contributed by atoms with van der Waals surface area (Å²) < 4.78 is 42.1. The Morgan fingerprint density at radius 2 is 1.76 bits per heavy atom. The first-order valence-electron chi connectivity index (χ1n) is 10.5. The summed E-state index contributed by atoms with van der Waals surface area (Å²) >= 11 is 0. The highest BCUT2D eigenvalue weighted by molar-refractivity contribution is 5.81. The Kier molecular flexibility index (Phi) is 6.37. The lowest BCUT2D eigenvalue weighted by atomic mass is 10.1. The molecule has 1 aromatic heterocycles. The molecule has 0 saturated carbocycles. The number of amides is 1. The summed E-state index contributed by atoms with van der Waals surface area (Å²) in [6.07, 6.45) is -3.30. The van der Waals surface area contributed by atoms with E-state index in [0.29, 0.717) is 43.6 Å². The Morgan fingerprint density at radius 1 is 1.06 bits per heavy atom. The molecule has 4 rings (SSSR count). The molecular formula is C23H23F3N4O3. The Labute approximate surface area is 188 Å². The molecule has 2 aromatic carbocycles. The van der Waals surface area contributed by atoms with Crippen LogP contribution in [0.15, 0.2) is 53.6 Å². The molecule has 33 heavy (non-hydrogen) atoms. The molecule has 2 heterocycles. The average Bonchev–Trinajstić information content (AvgIpc) is 2.77. The fourth-order valence-electron chi connectivity index (χ4n) is 3.91. The quantitative estimate of drug-likeness (QED) is 0.586. The van der Waals surface area contributed by atoms with Crippen LogP contribution >= 0.6 is 0 Å². The van der Waals surface area contributed by atoms with Gasteiger partial charge >= 0.3 is 6.36 Å². The fourth-order valence-corrected chi connectivity index (χ4v) is 3.91. The molecule has 0 bridgehead atoms. The second kappa shape index (κ2) is 9.22. The number of aryl methyl sites for hydroxylation is 1. The number of carbonyl (C=O) groups is 1. The van der Waals surface area contributed by atoms with Crippen LogP contribution in [0, 0.1) is 6.92 Å². The molecule has 0 N–H and O–H groups in total. The molecule has 7 nitrogen and oxygen atoms in total. The van der Waals surface area contributed by atoms with Gasteiger partial charge in [0.2, 0.25) is 5.91 Å². The molecule has 174 valence electrons. The first-order valence-corrected chi connectivity index (χ1v) is 10.5. The number of hydrogen-bond donors (Lipinski definition) is 0. The van der Waals surface area contributed by atoms with Crippen LogP contribution < -0.4 is 10.3 Å². The lowest BCUT2D eigenvalue weighted by Crippen LogP contribution is -2.49. The molecule has 1 aliphatic heterocycles. The van der Waals surface area contributed by atoms with Crippen molar-refractivity contribution in [3.05, 3.63) is 70.3 Å². The van der Waals surface area contributed by atoms with Crippen molar-refractivity contribution in [1.82, 2.24) is 19.4 Å². The number of halogens is 3. The lowest BCUT2D eigenvalue weighted by molar-refractivity contribution is -0.274. The summed E-state index contributed by atoms with van der Waals surface area (Å²) in [4.78, 5) is 33.7. The minimum atomic E-state index is -4.71. The van der Waals surface area contributed by atoms with Gasteiger partial charge in [0.05, 0.1) is 17.2 Å². The summed E-state index contributed by atoms with van der Waals surface area (Å²) in [5.41, 5.74) is 2.15. The molecular weight excluding hydrogens is 437 g/mol. The third-order valence-electron chi connectivity index (χ3n) is 5.65. The topological polar surface area (TPSA) is 67.7 Å². The highest BCUT2D eigenvalue weighted by atomic mass is 19.4. The number of nitrogens with zero attached hydrogens (tertiary/aromatic N) is 4. The van der Waals surface area contributed by atoms with Crippen molar-refractivity contribution in [1.29, 1.82) is 0 Å². The maximum Gasteiger partial charge on any atom is 0.573 e. The smallest absolute Gasteiger partial charge is 0.406 e. The van der Waals surface area contributed by atoms with E-state index in [-0.39, 0.29) is 23.8 Å². The summed E-state index contributed by atoms with van der Waals surface area (Å²) in [7, 11) is 0. The molecule has 1 amide bonds. The van der Waals surface area contributed by atoms with E-state index in [1.165, 1.54) is 23.0 Å². The molecule has 0 unspecified atom stereocenters. The third-order valence-corrected chi connectivity index (χ3v) is 5.65. The minimum absolute atomic E-state index is 0.0730. The number of para-hydroxylation sites is 1. The van der Waals surface area contributed by atoms with Gasteiger partial charge in [-0.2, -0.15) is 0 Å². The van der Waals surface area contributed by atoms with Crippen molar-refractivity contribution in [2.75, 3.05) is 26.2 Å². The van der Waals surface area contributed by atoms with E-state index in [4.69, 9.17) is 0 Å². The molecule has 0 aliphatic carbocycles. The number of alkyl halides is 3. The first kappa shape index (κ1) is 22.8. The van der Waals surface area contributed by atoms with Gasteiger partial charge in [0.1, 0.15) is 12.3 Å². The van der Waals surface area contributed by atoms with Gasteiger partial charge in [0, 0.05) is 32.7 Å². The highest BCUT2D eigenvalue weighted by Gasteiger charge is 2.31. The van der Waals surface area contributed by atoms with Crippen LogP contribution in [-0.4, -0.2) is 57.8 Å². The van der Waals surface area contributed by atoms with Crippen molar-refractivity contribution >= 4 is 16.8 Å². The molecule has 0 radical (unpaired) electrons. The van der Waals surface area contributed by atoms with Crippen molar-refractivity contribution in [2.24, 2.45) is 0 Å². The number of rotatable bonds is 5. The maximum absolute atomic E-state index is 12.8. The van der Waals surface area contributed by atoms with E-state index in [0.717, 1.165) is 11.1 Å². The fraction of sp³-hybridized carbons (Fsp3) is 0.348. The number of aromatic nitrogens is 2. The van der Waals surface area contributed by atoms with Gasteiger partial charge in [0.15, 0.2) is 0 Å². The van der Waals surface area contributed by atoms with Crippen LogP contribution in [0.25, 0.3) is 10.9 Å². The van der Waals surface area contributed by atoms with Gasteiger partial charge in [0.25, 0.3) is 5.56 Å². The Morgan fingerprint density at radius 3 is 2.42 bits per heavy atom. The number of carbonyl (C=O) groups excluding carboxylic acids is 1. The van der Waals surface area contributed by atoms with E-state index in [9.17, 15) is 22.8 Å². The zero-order chi connectivity index (χ0) is 23.6. The Balaban J connectivity index is 1.32. The van der Waals surface area contributed by atoms with Crippen LogP contribution in [0.3, 0.4) is 0 Å². The van der Waals surface area contributed by atoms with Crippen molar-refractivity contribution in [3.8, 4) is 5.75 Å². The van der Waals surface area contributed by atoms with E-state index in [2.05, 4.69) is 14.6 Å². The zero-order valence-corrected chi connectivity index (χ0v) is 18.0. The Bertz CT molecular complexity index is 1200. The lowest BCUT2D eigenvalue weighted by Gasteiger charge is -2.34. The van der Waals surface area contributed by atoms with Gasteiger partial charge in [-0.25, -0.2) is 4.98 Å². The molecule has 1 fully saturated rings. The van der Waals surface area contributed by atoms with E-state index in [1.807, 2.05) is 13.0 Å². The van der Waals surface area contributed by atoms with Crippen LogP contribution in [0.5, 0.6) is 5.75 Å². The van der Waals surface area contributed by atoms with Crippen LogP contribution in [-0.2, 0) is 17.9 Å². The van der Waals surface area contributed by atoms with E-state index >= 15 is 0 Å². The van der Waals surface area contributed by atoms with E-state index < -0.39 is 6.36 Å². The molecule has 3 aromatic rings. The molecule has 0 spiro atoms. The number of benzene rings is 2. The standard InChI is InChI=1S/C23H23F3N4O3/c1-16-3-2-4-19-21(16)27-15-30(22(19)32)14-20(31)29-11-9-28(10-12-29)13-17-5-7-18(8-6-17)33-23(24,25)26/h2-8,15H,9-14H2,1H3. The summed E-state index contributed by atoms with van der Waals surface area (Å²) in [6.45, 7) is 4.62. The van der Waals surface area contributed by atoms with Crippen molar-refractivity contribution < 1.29 is 22.7 Å². The minimum Gasteiger partial charge on any atom is -0.406 e. The van der Waals surface area contributed by atoms with E-state index in [1.54, 1.807) is 29.2 Å². The summed E-state index contributed by atoms with van der Waals surface area (Å²) in [5, 5.41) is 0.488. The second-order valence-electron chi connectivity index (χ2n) is 8.00. The third kappa shape index (κ3) is 5.51. The average molecular weight is 460 g/mol. The van der Waals surface area contributed by atoms with Gasteiger partial charge in [-0.15, -0.1) is 13.2 Å². The zero-order valence-electron chi connectivity index (χ0n) is 18.0. The molecule has 10 heteroatoms. The number of hydrogen-bond acceptors (Lipinski definition) is 5. The van der Waals surface area contributed by atoms with Gasteiger partial charge in [-0.1, -0.05) is 24.3 Å². The molecule has 0 atom stereocenters. The maximum atomic E-state index is 12.8. The number of ether oxygens (including phenoxy) is 1. The monoisotopic (exact) mass is 460 g/mol. The number of fused-ring (bicyclic) bond motifs is 1. The van der Waals surface area contributed by atoms with Crippen LogP contribution in [0.1, 0.15) is 11.1 Å². The summed E-state index contributed by atoms with van der Waals surface area (Å²) in [5.74, 6) is -0.408. The largest absolute Gasteiger partial charge is 0.573 e. The Hall–Kier alpha value is -3.40. The normalized spacial score (nSPS) is 15.1. The van der Waals surface area contributed by atoms with Gasteiger partial charge in [-0.3, -0.25) is 19.1 Å². The predicted molar refractivity (Wildman–Crippen MR) is 116 cm³/mol. The molecule has 1 aliphatic rings. The van der Waals surface area contributed by atoms with Crippen LogP contribution in [0.4, 0.5) is 13.2 Å². The van der Waals surface area contributed by atoms with Crippen LogP contribution in [0.2, 0.25) is 0 Å². The summed E-state index contributed by atoms with van der Waals surface area (Å²) in [6, 6.07) is 11.2. The second-order valence-corrected chi connectivity index (χ2v) is 8.00. The molecule has 1 saturated heterocycles. The van der Waals surface area contributed by atoms with Gasteiger partial charge in [-0.05, 0) is 36.2 Å². The van der Waals surface area contributed by atoms with Gasteiger partial charge < -0.3 is 9.64 Å². The highest BCUT2D eigenvalue weighted by Crippen LogP contribution is 2.23. The van der Waals surface area contributed by atoms with Crippen molar-refractivity contribution in [2.45, 2.75) is 26.4 Å². The number of piperazine rings is 1. The SMILES string of the molecule is Cc1cccc2c(=O)n(CC(=O)N3CCN(Cc4ccc(OC(F)(F)F)cc4)CC3)cnc12.